The van der Waals surface area contributed by atoms with Crippen LogP contribution >= 0.6 is 23.4 Å². The first-order chi connectivity index (χ1) is 15.6. The third-order valence-corrected chi connectivity index (χ3v) is 5.66. The van der Waals surface area contributed by atoms with Crippen LogP contribution in [0.15, 0.2) is 70.4 Å². The molecule has 0 atom stereocenters. The number of rotatable bonds is 8. The summed E-state index contributed by atoms with van der Waals surface area (Å²) in [5.41, 5.74) is 1.35. The van der Waals surface area contributed by atoms with Crippen LogP contribution in [0.3, 0.4) is 0 Å². The molecular formula is C22H19ClN4O4S. The Morgan fingerprint density at radius 1 is 1.12 bits per heavy atom. The number of ether oxygens (including phenoxy) is 2. The number of halogens is 1. The summed E-state index contributed by atoms with van der Waals surface area (Å²) in [6.45, 7) is 0. The van der Waals surface area contributed by atoms with Gasteiger partial charge in [0.15, 0.2) is 10.9 Å². The first-order valence-electron chi connectivity index (χ1n) is 9.49. The van der Waals surface area contributed by atoms with Crippen LogP contribution in [0, 0.1) is 0 Å². The SMILES string of the molecule is COc1ccc(NC(=O)CSc2nnc(-c3ccco3)n2-c2ccc(Cl)cc2)c(OC)c1. The van der Waals surface area contributed by atoms with E-state index in [0.717, 1.165) is 5.69 Å². The minimum absolute atomic E-state index is 0.110. The van der Waals surface area contributed by atoms with E-state index in [4.69, 9.17) is 25.5 Å². The fourth-order valence-electron chi connectivity index (χ4n) is 2.97. The van der Waals surface area contributed by atoms with Crippen LogP contribution in [0.2, 0.25) is 5.02 Å². The molecule has 32 heavy (non-hydrogen) atoms. The Kier molecular flexibility index (Phi) is 6.67. The number of hydrogen-bond acceptors (Lipinski definition) is 7. The standard InChI is InChI=1S/C22H19ClN4O4S/c1-29-16-9-10-17(19(12-16)30-2)24-20(28)13-32-22-26-25-21(18-4-3-11-31-18)27(22)15-7-5-14(23)6-8-15/h3-12H,13H2,1-2H3,(H,24,28). The molecule has 0 radical (unpaired) electrons. The molecule has 4 aromatic rings. The molecule has 10 heteroatoms. The molecule has 1 N–H and O–H groups in total. The van der Waals surface area contributed by atoms with Gasteiger partial charge in [0, 0.05) is 16.8 Å². The van der Waals surface area contributed by atoms with Crippen molar-refractivity contribution in [1.29, 1.82) is 0 Å². The molecule has 1 amide bonds. The van der Waals surface area contributed by atoms with Gasteiger partial charge in [0.25, 0.3) is 0 Å². The second-order valence-corrected chi connectivity index (χ2v) is 7.88. The minimum atomic E-state index is -0.219. The van der Waals surface area contributed by atoms with E-state index in [1.807, 2.05) is 16.7 Å². The molecule has 2 aromatic carbocycles. The van der Waals surface area contributed by atoms with Crippen LogP contribution in [0.5, 0.6) is 11.5 Å². The van der Waals surface area contributed by atoms with Gasteiger partial charge in [-0.3, -0.25) is 9.36 Å². The van der Waals surface area contributed by atoms with Gasteiger partial charge in [0.1, 0.15) is 11.5 Å². The molecule has 0 saturated carbocycles. The lowest BCUT2D eigenvalue weighted by Gasteiger charge is -2.12. The summed E-state index contributed by atoms with van der Waals surface area (Å²) in [4.78, 5) is 12.6. The van der Waals surface area contributed by atoms with E-state index in [-0.39, 0.29) is 11.7 Å². The first-order valence-corrected chi connectivity index (χ1v) is 10.9. The number of nitrogens with one attached hydrogen (secondary N) is 1. The number of anilines is 1. The third kappa shape index (κ3) is 4.74. The van der Waals surface area contributed by atoms with Crippen molar-refractivity contribution >= 4 is 35.0 Å². The predicted octanol–water partition coefficient (Wildman–Crippen LogP) is 4.93. The van der Waals surface area contributed by atoms with Crippen LogP contribution in [0.1, 0.15) is 0 Å². The molecule has 0 unspecified atom stereocenters. The van der Waals surface area contributed by atoms with Gasteiger partial charge < -0.3 is 19.2 Å². The second-order valence-electron chi connectivity index (χ2n) is 6.50. The molecule has 0 fully saturated rings. The van der Waals surface area contributed by atoms with E-state index in [2.05, 4.69) is 15.5 Å². The number of nitrogens with zero attached hydrogens (tertiary/aromatic N) is 3. The van der Waals surface area contributed by atoms with Gasteiger partial charge >= 0.3 is 0 Å². The molecular weight excluding hydrogens is 452 g/mol. The fourth-order valence-corrected chi connectivity index (χ4v) is 3.85. The van der Waals surface area contributed by atoms with Crippen molar-refractivity contribution in [2.24, 2.45) is 0 Å². The van der Waals surface area contributed by atoms with E-state index in [9.17, 15) is 4.79 Å². The number of thioether (sulfide) groups is 1. The van der Waals surface area contributed by atoms with Crippen molar-refractivity contribution in [3.63, 3.8) is 0 Å². The number of methoxy groups -OCH3 is 2. The maximum absolute atomic E-state index is 12.6. The molecule has 0 aliphatic carbocycles. The summed E-state index contributed by atoms with van der Waals surface area (Å²) in [6, 6.07) is 16.0. The zero-order valence-corrected chi connectivity index (χ0v) is 18.8. The van der Waals surface area contributed by atoms with E-state index in [1.165, 1.54) is 18.9 Å². The molecule has 0 aliphatic heterocycles. The zero-order chi connectivity index (χ0) is 22.5. The van der Waals surface area contributed by atoms with Crippen molar-refractivity contribution in [1.82, 2.24) is 14.8 Å². The smallest absolute Gasteiger partial charge is 0.234 e. The van der Waals surface area contributed by atoms with Crippen LogP contribution in [0.25, 0.3) is 17.3 Å². The van der Waals surface area contributed by atoms with Gasteiger partial charge in [-0.25, -0.2) is 0 Å². The van der Waals surface area contributed by atoms with Crippen LogP contribution in [-0.2, 0) is 4.79 Å². The predicted molar refractivity (Wildman–Crippen MR) is 123 cm³/mol. The van der Waals surface area contributed by atoms with Crippen LogP contribution in [-0.4, -0.2) is 40.6 Å². The Bertz CT molecular complexity index is 1210. The highest BCUT2D eigenvalue weighted by Gasteiger charge is 2.19. The number of hydrogen-bond donors (Lipinski definition) is 1. The van der Waals surface area contributed by atoms with Crippen molar-refractivity contribution in [2.45, 2.75) is 5.16 Å². The highest BCUT2D eigenvalue weighted by molar-refractivity contribution is 7.99. The molecule has 0 bridgehead atoms. The Morgan fingerprint density at radius 3 is 2.62 bits per heavy atom. The Labute approximate surface area is 193 Å². The van der Waals surface area contributed by atoms with E-state index >= 15 is 0 Å². The number of furan rings is 1. The largest absolute Gasteiger partial charge is 0.497 e. The number of carbonyl (C=O) groups is 1. The topological polar surface area (TPSA) is 91.4 Å². The monoisotopic (exact) mass is 470 g/mol. The average molecular weight is 471 g/mol. The van der Waals surface area contributed by atoms with Crippen LogP contribution < -0.4 is 14.8 Å². The summed E-state index contributed by atoms with van der Waals surface area (Å²) in [5, 5.41) is 12.5. The van der Waals surface area contributed by atoms with Gasteiger partial charge in [-0.2, -0.15) is 0 Å². The molecule has 2 aromatic heterocycles. The fraction of sp³-hybridized carbons (Fsp3) is 0.136. The maximum atomic E-state index is 12.6. The number of aromatic nitrogens is 3. The second kappa shape index (κ2) is 9.80. The lowest BCUT2D eigenvalue weighted by molar-refractivity contribution is -0.113. The van der Waals surface area contributed by atoms with E-state index in [0.29, 0.717) is 39.0 Å². The van der Waals surface area contributed by atoms with Gasteiger partial charge in [0.2, 0.25) is 11.7 Å². The molecule has 0 spiro atoms. The van der Waals surface area contributed by atoms with Crippen molar-refractivity contribution < 1.29 is 18.7 Å². The maximum Gasteiger partial charge on any atom is 0.234 e. The number of amides is 1. The number of benzene rings is 2. The highest BCUT2D eigenvalue weighted by atomic mass is 35.5. The molecule has 0 saturated heterocycles. The van der Waals surface area contributed by atoms with Crippen LogP contribution in [0.4, 0.5) is 5.69 Å². The first kappa shape index (κ1) is 21.8. The quantitative estimate of drug-likeness (QED) is 0.365. The van der Waals surface area contributed by atoms with Crippen molar-refractivity contribution in [2.75, 3.05) is 25.3 Å². The Balaban J connectivity index is 1.55. The summed E-state index contributed by atoms with van der Waals surface area (Å²) in [5.74, 6) is 2.12. The minimum Gasteiger partial charge on any atom is -0.497 e. The normalized spacial score (nSPS) is 10.7. The summed E-state index contributed by atoms with van der Waals surface area (Å²) < 4.78 is 17.8. The van der Waals surface area contributed by atoms with E-state index < -0.39 is 0 Å². The van der Waals surface area contributed by atoms with Crippen molar-refractivity contribution in [3.05, 3.63) is 65.9 Å². The molecule has 164 valence electrons. The summed E-state index contributed by atoms with van der Waals surface area (Å²) in [6.07, 6.45) is 1.57. The third-order valence-electron chi connectivity index (χ3n) is 4.47. The summed E-state index contributed by atoms with van der Waals surface area (Å²) in [7, 11) is 3.10. The molecule has 0 aliphatic rings. The Hall–Kier alpha value is -3.43. The molecule has 2 heterocycles. The van der Waals surface area contributed by atoms with Gasteiger partial charge in [-0.05, 0) is 48.5 Å². The van der Waals surface area contributed by atoms with Gasteiger partial charge in [0.05, 0.1) is 31.9 Å². The lowest BCUT2D eigenvalue weighted by Crippen LogP contribution is -2.15. The number of carbonyl (C=O) groups excluding carboxylic acids is 1. The molecule has 8 nitrogen and oxygen atoms in total. The van der Waals surface area contributed by atoms with Crippen molar-refractivity contribution in [3.8, 4) is 28.8 Å². The zero-order valence-electron chi connectivity index (χ0n) is 17.2. The van der Waals surface area contributed by atoms with E-state index in [1.54, 1.807) is 55.8 Å². The highest BCUT2D eigenvalue weighted by Crippen LogP contribution is 2.31. The van der Waals surface area contributed by atoms with Gasteiger partial charge in [-0.1, -0.05) is 23.4 Å². The lowest BCUT2D eigenvalue weighted by atomic mass is 10.2. The summed E-state index contributed by atoms with van der Waals surface area (Å²) >= 11 is 7.29. The Morgan fingerprint density at radius 2 is 1.94 bits per heavy atom. The molecule has 4 rings (SSSR count). The van der Waals surface area contributed by atoms with Gasteiger partial charge in [-0.15, -0.1) is 10.2 Å². The average Bonchev–Trinajstić information content (AvgIpc) is 3.48.